The first kappa shape index (κ1) is 28.1. The number of thioether (sulfide) groups is 1. The minimum atomic E-state index is -1.13. The van der Waals surface area contributed by atoms with Crippen LogP contribution in [0.1, 0.15) is 46.5 Å². The molecule has 0 bridgehead atoms. The average molecular weight is 448 g/mol. The zero-order valence-electron chi connectivity index (χ0n) is 18.3. The number of amides is 3. The van der Waals surface area contributed by atoms with Gasteiger partial charge in [-0.25, -0.2) is 4.79 Å². The number of aliphatic carboxylic acids is 1. The van der Waals surface area contributed by atoms with Gasteiger partial charge in [-0.15, -0.1) is 0 Å². The van der Waals surface area contributed by atoms with Crippen molar-refractivity contribution in [1.82, 2.24) is 16.0 Å². The van der Waals surface area contributed by atoms with Crippen LogP contribution >= 0.6 is 11.8 Å². The quantitative estimate of drug-likeness (QED) is 0.180. The number of rotatable bonds is 15. The Hall–Kier alpha value is -1.85. The lowest BCUT2D eigenvalue weighted by molar-refractivity contribution is -0.142. The van der Waals surface area contributed by atoms with E-state index in [1.807, 2.05) is 6.26 Å². The molecule has 10 nitrogen and oxygen atoms in total. The summed E-state index contributed by atoms with van der Waals surface area (Å²) in [6.07, 6.45) is 4.05. The normalized spacial score (nSPS) is 15.0. The number of nitrogens with one attached hydrogen (secondary N) is 3. The summed E-state index contributed by atoms with van der Waals surface area (Å²) < 4.78 is 0. The third kappa shape index (κ3) is 10.8. The van der Waals surface area contributed by atoms with Crippen LogP contribution in [0.3, 0.4) is 0 Å². The number of carboxylic acids is 1. The summed E-state index contributed by atoms with van der Waals surface area (Å²) in [6.45, 7) is 5.48. The number of carbonyl (C=O) groups excluding carboxylic acids is 3. The van der Waals surface area contributed by atoms with Gasteiger partial charge in [0.1, 0.15) is 18.1 Å². The van der Waals surface area contributed by atoms with E-state index in [2.05, 4.69) is 16.0 Å². The van der Waals surface area contributed by atoms with E-state index in [1.54, 1.807) is 13.8 Å². The van der Waals surface area contributed by atoms with Crippen LogP contribution in [0.25, 0.3) is 0 Å². The first-order chi connectivity index (χ1) is 14.0. The third-order valence-electron chi connectivity index (χ3n) is 4.53. The molecule has 0 spiro atoms. The van der Waals surface area contributed by atoms with Crippen molar-refractivity contribution in [2.24, 2.45) is 17.4 Å². The van der Waals surface area contributed by atoms with Gasteiger partial charge in [0.05, 0.1) is 6.04 Å². The second kappa shape index (κ2) is 15.0. The molecule has 0 aromatic carbocycles. The van der Waals surface area contributed by atoms with Gasteiger partial charge in [-0.1, -0.05) is 20.3 Å². The van der Waals surface area contributed by atoms with Crippen LogP contribution in [0.15, 0.2) is 0 Å². The summed E-state index contributed by atoms with van der Waals surface area (Å²) in [5.41, 5.74) is 11.2. The lowest BCUT2D eigenvalue weighted by atomic mass is 10.0. The van der Waals surface area contributed by atoms with Gasteiger partial charge in [-0.3, -0.25) is 14.4 Å². The number of unbranched alkanes of at least 4 members (excludes halogenated alkanes) is 1. The van der Waals surface area contributed by atoms with E-state index in [4.69, 9.17) is 11.5 Å². The maximum absolute atomic E-state index is 12.6. The Morgan fingerprint density at radius 3 is 2.07 bits per heavy atom. The Bertz CT molecular complexity index is 576. The first-order valence-corrected chi connectivity index (χ1v) is 11.5. The van der Waals surface area contributed by atoms with Gasteiger partial charge in [0.15, 0.2) is 0 Å². The highest BCUT2D eigenvalue weighted by Gasteiger charge is 2.30. The molecule has 0 radical (unpaired) electrons. The van der Waals surface area contributed by atoms with Crippen molar-refractivity contribution in [3.63, 3.8) is 0 Å². The zero-order valence-corrected chi connectivity index (χ0v) is 19.1. The molecule has 0 rings (SSSR count). The first-order valence-electron chi connectivity index (χ1n) is 10.1. The molecule has 0 saturated carbocycles. The summed E-state index contributed by atoms with van der Waals surface area (Å²) in [6, 6.07) is -3.62. The van der Waals surface area contributed by atoms with Crippen LogP contribution in [0, 0.1) is 5.92 Å². The van der Waals surface area contributed by atoms with Crippen molar-refractivity contribution >= 4 is 35.5 Å². The van der Waals surface area contributed by atoms with Gasteiger partial charge in [0.25, 0.3) is 0 Å². The molecule has 4 atom stereocenters. The predicted octanol–water partition coefficient (Wildman–Crippen LogP) is -0.589. The monoisotopic (exact) mass is 447 g/mol. The minimum Gasteiger partial charge on any atom is -0.480 e. The zero-order chi connectivity index (χ0) is 23.3. The third-order valence-corrected chi connectivity index (χ3v) is 5.17. The van der Waals surface area contributed by atoms with Crippen LogP contribution in [-0.2, 0) is 19.2 Å². The smallest absolute Gasteiger partial charge is 0.326 e. The number of hydrogen-bond acceptors (Lipinski definition) is 7. The topological polar surface area (TPSA) is 177 Å². The SMILES string of the molecule is CSCCC(NC(=O)C(NC(=O)C(C)NC(=O)C(N)CCCCN)C(C)C)C(=O)O. The van der Waals surface area contributed by atoms with E-state index in [9.17, 15) is 24.3 Å². The van der Waals surface area contributed by atoms with Gasteiger partial charge < -0.3 is 32.5 Å². The lowest BCUT2D eigenvalue weighted by Crippen LogP contribution is -2.57. The van der Waals surface area contributed by atoms with Crippen LogP contribution in [0.4, 0.5) is 0 Å². The van der Waals surface area contributed by atoms with Crippen molar-refractivity contribution in [3.05, 3.63) is 0 Å². The van der Waals surface area contributed by atoms with Crippen LogP contribution in [0.2, 0.25) is 0 Å². The van der Waals surface area contributed by atoms with E-state index in [0.29, 0.717) is 25.1 Å². The number of nitrogens with two attached hydrogens (primary N) is 2. The number of hydrogen-bond donors (Lipinski definition) is 6. The van der Waals surface area contributed by atoms with Crippen molar-refractivity contribution < 1.29 is 24.3 Å². The Kier molecular flexibility index (Phi) is 14.1. The molecule has 30 heavy (non-hydrogen) atoms. The second-order valence-corrected chi connectivity index (χ2v) is 8.52. The fraction of sp³-hybridized carbons (Fsp3) is 0.789. The molecule has 0 aliphatic carbocycles. The largest absolute Gasteiger partial charge is 0.480 e. The lowest BCUT2D eigenvalue weighted by Gasteiger charge is -2.26. The van der Waals surface area contributed by atoms with Crippen molar-refractivity contribution in [3.8, 4) is 0 Å². The maximum atomic E-state index is 12.6. The summed E-state index contributed by atoms with van der Waals surface area (Å²) in [5.74, 6) is -2.43. The van der Waals surface area contributed by atoms with Crippen molar-refractivity contribution in [2.75, 3.05) is 18.6 Å². The van der Waals surface area contributed by atoms with E-state index >= 15 is 0 Å². The fourth-order valence-corrected chi connectivity index (χ4v) is 3.06. The molecule has 3 amide bonds. The molecule has 0 saturated heterocycles. The second-order valence-electron chi connectivity index (χ2n) is 7.53. The molecular formula is C19H37N5O5S. The van der Waals surface area contributed by atoms with E-state index in [1.165, 1.54) is 18.7 Å². The Labute approximate surface area is 182 Å². The number of carboxylic acid groups (broad SMARTS) is 1. The Morgan fingerprint density at radius 2 is 1.57 bits per heavy atom. The highest BCUT2D eigenvalue weighted by molar-refractivity contribution is 7.98. The Morgan fingerprint density at radius 1 is 0.933 bits per heavy atom. The van der Waals surface area contributed by atoms with Gasteiger partial charge in [0, 0.05) is 0 Å². The van der Waals surface area contributed by atoms with Gasteiger partial charge in [0.2, 0.25) is 17.7 Å². The van der Waals surface area contributed by atoms with Gasteiger partial charge in [-0.05, 0) is 50.7 Å². The predicted molar refractivity (Wildman–Crippen MR) is 118 cm³/mol. The molecule has 0 aromatic heterocycles. The molecule has 8 N–H and O–H groups in total. The molecule has 11 heteroatoms. The van der Waals surface area contributed by atoms with E-state index < -0.39 is 47.9 Å². The molecule has 0 fully saturated rings. The molecule has 174 valence electrons. The highest BCUT2D eigenvalue weighted by Crippen LogP contribution is 2.06. The molecule has 4 unspecified atom stereocenters. The Balaban J connectivity index is 4.87. The van der Waals surface area contributed by atoms with Crippen LogP contribution in [-0.4, -0.2) is 71.5 Å². The highest BCUT2D eigenvalue weighted by atomic mass is 32.2. The van der Waals surface area contributed by atoms with Crippen molar-refractivity contribution in [2.45, 2.75) is 70.6 Å². The molecule has 0 aromatic rings. The minimum absolute atomic E-state index is 0.273. The summed E-state index contributed by atoms with van der Waals surface area (Å²) in [4.78, 5) is 48.6. The molecule has 0 heterocycles. The molecule has 0 aliphatic rings. The average Bonchev–Trinajstić information content (AvgIpc) is 2.68. The maximum Gasteiger partial charge on any atom is 0.326 e. The van der Waals surface area contributed by atoms with E-state index in [0.717, 1.165) is 6.42 Å². The standard InChI is InChI=1S/C19H37N5O5S/c1-11(2)15(18(27)23-14(19(28)29)8-10-30-4)24-16(25)12(3)22-17(26)13(21)7-5-6-9-20/h11-15H,5-10,20-21H2,1-4H3,(H,22,26)(H,23,27)(H,24,25)(H,28,29). The van der Waals surface area contributed by atoms with E-state index in [-0.39, 0.29) is 12.3 Å². The summed E-state index contributed by atoms with van der Waals surface area (Å²) in [7, 11) is 0. The van der Waals surface area contributed by atoms with Crippen LogP contribution < -0.4 is 27.4 Å². The summed E-state index contributed by atoms with van der Waals surface area (Å²) >= 11 is 1.48. The fourth-order valence-electron chi connectivity index (χ4n) is 2.59. The molecule has 0 aliphatic heterocycles. The van der Waals surface area contributed by atoms with Crippen LogP contribution in [0.5, 0.6) is 0 Å². The van der Waals surface area contributed by atoms with Gasteiger partial charge >= 0.3 is 5.97 Å². The molecular weight excluding hydrogens is 410 g/mol. The van der Waals surface area contributed by atoms with Gasteiger partial charge in [-0.2, -0.15) is 11.8 Å². The summed E-state index contributed by atoms with van der Waals surface area (Å²) in [5, 5.41) is 16.9. The number of carbonyl (C=O) groups is 4. The van der Waals surface area contributed by atoms with Crippen molar-refractivity contribution in [1.29, 1.82) is 0 Å².